The zero-order valence-corrected chi connectivity index (χ0v) is 16.0. The maximum absolute atomic E-state index is 12.1. The van der Waals surface area contributed by atoms with Gasteiger partial charge in [-0.05, 0) is 37.1 Å². The summed E-state index contributed by atoms with van der Waals surface area (Å²) in [7, 11) is 0. The third-order valence-electron chi connectivity index (χ3n) is 4.61. The summed E-state index contributed by atoms with van der Waals surface area (Å²) < 4.78 is 0. The Morgan fingerprint density at radius 1 is 1.14 bits per heavy atom. The number of carbonyl (C=O) groups is 1. The number of piperidine rings is 1. The Morgan fingerprint density at radius 2 is 2.00 bits per heavy atom. The Morgan fingerprint density at radius 3 is 2.64 bits per heavy atom. The number of amides is 1. The maximum Gasteiger partial charge on any atom is 0.231 e. The van der Waals surface area contributed by atoms with E-state index in [1.807, 2.05) is 24.3 Å². The van der Waals surface area contributed by atoms with Crippen molar-refractivity contribution < 1.29 is 4.79 Å². The molecule has 9 nitrogen and oxygen atoms in total. The molecule has 0 spiro atoms. The van der Waals surface area contributed by atoms with Crippen molar-refractivity contribution >= 4 is 34.0 Å². The smallest absolute Gasteiger partial charge is 0.231 e. The number of pyridine rings is 1. The van der Waals surface area contributed by atoms with Crippen molar-refractivity contribution in [3.8, 4) is 0 Å². The summed E-state index contributed by atoms with van der Waals surface area (Å²) in [6.45, 7) is 1.73. The molecule has 4 rings (SSSR count). The Labute approximate surface area is 166 Å². The Balaban J connectivity index is 1.30. The van der Waals surface area contributed by atoms with Crippen LogP contribution in [0.2, 0.25) is 0 Å². The molecule has 1 fully saturated rings. The fraction of sp³-hybridized carbons (Fsp3) is 0.333. The molecule has 144 valence electrons. The molecule has 0 bridgehead atoms. The normalized spacial score (nSPS) is 14.8. The molecule has 28 heavy (non-hydrogen) atoms. The number of hydrogen-bond acceptors (Lipinski definition) is 9. The van der Waals surface area contributed by atoms with Crippen molar-refractivity contribution in [2.24, 2.45) is 0 Å². The summed E-state index contributed by atoms with van der Waals surface area (Å²) in [5, 5.41) is 20.7. The molecule has 4 heterocycles. The number of anilines is 3. The molecular weight excluding hydrogens is 376 g/mol. The second-order valence-corrected chi connectivity index (χ2v) is 7.60. The van der Waals surface area contributed by atoms with Crippen LogP contribution in [0, 0.1) is 0 Å². The van der Waals surface area contributed by atoms with Crippen molar-refractivity contribution in [2.75, 3.05) is 29.0 Å². The third kappa shape index (κ3) is 4.39. The molecule has 0 aromatic carbocycles. The van der Waals surface area contributed by atoms with Gasteiger partial charge in [0.2, 0.25) is 11.0 Å². The van der Waals surface area contributed by atoms with E-state index in [4.69, 9.17) is 5.73 Å². The van der Waals surface area contributed by atoms with Crippen molar-refractivity contribution in [2.45, 2.75) is 25.2 Å². The lowest BCUT2D eigenvalue weighted by Gasteiger charge is -2.31. The molecule has 1 aliphatic rings. The van der Waals surface area contributed by atoms with Crippen LogP contribution in [0.3, 0.4) is 0 Å². The fourth-order valence-electron chi connectivity index (χ4n) is 3.18. The highest BCUT2D eigenvalue weighted by molar-refractivity contribution is 7.15. The fourth-order valence-corrected chi connectivity index (χ4v) is 3.96. The van der Waals surface area contributed by atoms with Gasteiger partial charge in [0.25, 0.3) is 0 Å². The van der Waals surface area contributed by atoms with Gasteiger partial charge >= 0.3 is 0 Å². The van der Waals surface area contributed by atoms with Crippen molar-refractivity contribution in [3.63, 3.8) is 0 Å². The van der Waals surface area contributed by atoms with Crippen LogP contribution in [-0.4, -0.2) is 44.4 Å². The minimum atomic E-state index is -0.169. The highest BCUT2D eigenvalue weighted by Crippen LogP contribution is 2.32. The largest absolute Gasteiger partial charge is 0.374 e. The average molecular weight is 396 g/mol. The summed E-state index contributed by atoms with van der Waals surface area (Å²) in [5.41, 5.74) is 6.39. The summed E-state index contributed by atoms with van der Waals surface area (Å²) in [6, 6.07) is 9.14. The Kier molecular flexibility index (Phi) is 5.38. The predicted molar refractivity (Wildman–Crippen MR) is 107 cm³/mol. The number of nitrogens with zero attached hydrogens (tertiary/aromatic N) is 6. The zero-order chi connectivity index (χ0) is 19.3. The standard InChI is InChI=1S/C18H20N8OS/c19-18-25-24-17(28-18)12-6-9-26(10-7-12)15-5-4-14(22-23-15)21-16(27)11-13-3-1-2-8-20-13/h1-5,8,12H,6-7,9-11H2,(H2,19,25)(H,21,22,27). The van der Waals surface area contributed by atoms with Gasteiger partial charge in [0.15, 0.2) is 11.6 Å². The average Bonchev–Trinajstić information content (AvgIpc) is 3.16. The van der Waals surface area contributed by atoms with Crippen molar-refractivity contribution in [3.05, 3.63) is 47.2 Å². The maximum atomic E-state index is 12.1. The predicted octanol–water partition coefficient (Wildman–Crippen LogP) is 1.87. The summed E-state index contributed by atoms with van der Waals surface area (Å²) in [5.74, 6) is 1.46. The molecular formula is C18H20N8OS. The van der Waals surface area contributed by atoms with Gasteiger partial charge in [-0.25, -0.2) is 0 Å². The van der Waals surface area contributed by atoms with Gasteiger partial charge in [-0.3, -0.25) is 9.78 Å². The summed E-state index contributed by atoms with van der Waals surface area (Å²) >= 11 is 1.46. The number of nitrogens with one attached hydrogen (secondary N) is 1. The highest BCUT2D eigenvalue weighted by atomic mass is 32.1. The van der Waals surface area contributed by atoms with Crippen molar-refractivity contribution in [1.29, 1.82) is 0 Å². The lowest BCUT2D eigenvalue weighted by atomic mass is 9.98. The second-order valence-electron chi connectivity index (χ2n) is 6.56. The van der Waals surface area contributed by atoms with E-state index < -0.39 is 0 Å². The first kappa shape index (κ1) is 18.2. The van der Waals surface area contributed by atoms with E-state index in [0.29, 0.717) is 22.6 Å². The molecule has 3 N–H and O–H groups in total. The van der Waals surface area contributed by atoms with Crippen LogP contribution in [0.25, 0.3) is 0 Å². The SMILES string of the molecule is Nc1nnc(C2CCN(c3ccc(NC(=O)Cc4ccccn4)nn3)CC2)s1. The Bertz CT molecular complexity index is 922. The first-order chi connectivity index (χ1) is 13.7. The first-order valence-corrected chi connectivity index (χ1v) is 9.86. The number of nitrogen functional groups attached to an aromatic ring is 1. The van der Waals surface area contributed by atoms with Crippen LogP contribution >= 0.6 is 11.3 Å². The number of rotatable bonds is 5. The number of hydrogen-bond donors (Lipinski definition) is 2. The molecule has 0 unspecified atom stereocenters. The van der Waals surface area contributed by atoms with Gasteiger partial charge in [-0.15, -0.1) is 20.4 Å². The minimum Gasteiger partial charge on any atom is -0.374 e. The van der Waals surface area contributed by atoms with Crippen molar-refractivity contribution in [1.82, 2.24) is 25.4 Å². The van der Waals surface area contributed by atoms with Crippen LogP contribution in [-0.2, 0) is 11.2 Å². The van der Waals surface area contributed by atoms with E-state index in [-0.39, 0.29) is 12.3 Å². The molecule has 0 aliphatic carbocycles. The summed E-state index contributed by atoms with van der Waals surface area (Å²) in [4.78, 5) is 18.4. The van der Waals surface area contributed by atoms with E-state index in [2.05, 4.69) is 35.6 Å². The minimum absolute atomic E-state index is 0.169. The van der Waals surface area contributed by atoms with Gasteiger partial charge in [-0.2, -0.15) is 0 Å². The lowest BCUT2D eigenvalue weighted by molar-refractivity contribution is -0.115. The zero-order valence-electron chi connectivity index (χ0n) is 15.2. The van der Waals surface area contributed by atoms with E-state index in [9.17, 15) is 4.79 Å². The topological polar surface area (TPSA) is 123 Å². The molecule has 1 amide bonds. The first-order valence-electron chi connectivity index (χ1n) is 9.04. The number of nitrogens with two attached hydrogens (primary N) is 1. The van der Waals surface area contributed by atoms with E-state index in [1.165, 1.54) is 11.3 Å². The highest BCUT2D eigenvalue weighted by Gasteiger charge is 2.24. The molecule has 10 heteroatoms. The number of aromatic nitrogens is 5. The van der Waals surface area contributed by atoms with Gasteiger partial charge in [0.1, 0.15) is 5.01 Å². The molecule has 1 saturated heterocycles. The summed E-state index contributed by atoms with van der Waals surface area (Å²) in [6.07, 6.45) is 3.81. The molecule has 0 atom stereocenters. The molecule has 3 aromatic rings. The van der Waals surface area contributed by atoms with Crippen LogP contribution in [0.5, 0.6) is 0 Å². The number of carbonyl (C=O) groups excluding carboxylic acids is 1. The van der Waals surface area contributed by atoms with E-state index >= 15 is 0 Å². The van der Waals surface area contributed by atoms with Crippen LogP contribution in [0.4, 0.5) is 16.8 Å². The molecule has 0 saturated carbocycles. The van der Waals surface area contributed by atoms with Crippen LogP contribution in [0.15, 0.2) is 36.5 Å². The van der Waals surface area contributed by atoms with E-state index in [1.54, 1.807) is 12.3 Å². The van der Waals surface area contributed by atoms with Gasteiger partial charge in [-0.1, -0.05) is 17.4 Å². The van der Waals surface area contributed by atoms with Crippen LogP contribution < -0.4 is 16.0 Å². The van der Waals surface area contributed by atoms with Gasteiger partial charge < -0.3 is 16.0 Å². The molecule has 3 aromatic heterocycles. The van der Waals surface area contributed by atoms with Gasteiger partial charge in [0.05, 0.1) is 6.42 Å². The quantitative estimate of drug-likeness (QED) is 0.670. The van der Waals surface area contributed by atoms with Crippen LogP contribution in [0.1, 0.15) is 29.5 Å². The monoisotopic (exact) mass is 396 g/mol. The third-order valence-corrected chi connectivity index (χ3v) is 5.53. The Hall–Kier alpha value is -3.14. The molecule has 1 aliphatic heterocycles. The lowest BCUT2D eigenvalue weighted by Crippen LogP contribution is -2.33. The second kappa shape index (κ2) is 8.26. The van der Waals surface area contributed by atoms with Gasteiger partial charge in [0, 0.05) is 30.9 Å². The molecule has 0 radical (unpaired) electrons. The van der Waals surface area contributed by atoms with E-state index in [0.717, 1.165) is 36.8 Å².